The smallest absolute Gasteiger partial charge is 0.139 e. The normalized spacial score (nSPS) is 21.2. The summed E-state index contributed by atoms with van der Waals surface area (Å²) in [6.07, 6.45) is 7.27. The molecule has 1 aromatic rings. The fourth-order valence-electron chi connectivity index (χ4n) is 3.55. The van der Waals surface area contributed by atoms with Crippen LogP contribution < -0.4 is 10.6 Å². The predicted molar refractivity (Wildman–Crippen MR) is 87.4 cm³/mol. The van der Waals surface area contributed by atoms with Gasteiger partial charge in [-0.25, -0.2) is 4.98 Å². The molecule has 20 heavy (non-hydrogen) atoms. The topological polar surface area (TPSA) is 42.2 Å². The maximum atomic E-state index is 5.93. The van der Waals surface area contributed by atoms with Crippen LogP contribution in [-0.2, 0) is 12.8 Å². The highest BCUT2D eigenvalue weighted by Gasteiger charge is 2.27. The van der Waals surface area contributed by atoms with Crippen molar-refractivity contribution in [1.29, 1.82) is 0 Å². The monoisotopic (exact) mass is 289 g/mol. The van der Waals surface area contributed by atoms with Crippen LogP contribution in [0.25, 0.3) is 0 Å². The van der Waals surface area contributed by atoms with Gasteiger partial charge in [-0.3, -0.25) is 0 Å². The van der Waals surface area contributed by atoms with Crippen LogP contribution in [-0.4, -0.2) is 23.1 Å². The molecule has 0 saturated carbocycles. The van der Waals surface area contributed by atoms with Gasteiger partial charge in [0.1, 0.15) is 10.8 Å². The van der Waals surface area contributed by atoms with Gasteiger partial charge in [0.05, 0.1) is 5.56 Å². The van der Waals surface area contributed by atoms with E-state index in [1.807, 2.05) is 0 Å². The summed E-state index contributed by atoms with van der Waals surface area (Å²) in [6, 6.07) is 2.19. The van der Waals surface area contributed by atoms with E-state index in [1.54, 1.807) is 0 Å². The van der Waals surface area contributed by atoms with E-state index in [2.05, 4.69) is 17.9 Å². The van der Waals surface area contributed by atoms with Crippen molar-refractivity contribution in [1.82, 2.24) is 4.98 Å². The van der Waals surface area contributed by atoms with Crippen molar-refractivity contribution < 1.29 is 0 Å². The molecule has 0 amide bonds. The molecule has 1 fully saturated rings. The van der Waals surface area contributed by atoms with Crippen molar-refractivity contribution in [2.45, 2.75) is 45.4 Å². The molecule has 1 unspecified atom stereocenters. The number of hydrogen-bond acceptors (Lipinski definition) is 3. The average molecular weight is 289 g/mol. The number of fused-ring (bicyclic) bond motifs is 1. The van der Waals surface area contributed by atoms with Crippen LogP contribution >= 0.6 is 12.2 Å². The molecular formula is C16H23N3S. The zero-order chi connectivity index (χ0) is 14.1. The van der Waals surface area contributed by atoms with E-state index < -0.39 is 0 Å². The highest BCUT2D eigenvalue weighted by atomic mass is 32.1. The molecule has 3 rings (SSSR count). The van der Waals surface area contributed by atoms with E-state index in [9.17, 15) is 0 Å². The van der Waals surface area contributed by atoms with Gasteiger partial charge >= 0.3 is 0 Å². The number of thiocarbonyl (C=S) groups is 1. The maximum Gasteiger partial charge on any atom is 0.139 e. The summed E-state index contributed by atoms with van der Waals surface area (Å²) in [5.74, 6) is 1.84. The van der Waals surface area contributed by atoms with Crippen LogP contribution in [0.3, 0.4) is 0 Å². The summed E-state index contributed by atoms with van der Waals surface area (Å²) in [7, 11) is 0. The number of hydrogen-bond donors (Lipinski definition) is 1. The summed E-state index contributed by atoms with van der Waals surface area (Å²) in [4.78, 5) is 7.79. The second-order valence-corrected chi connectivity index (χ2v) is 6.51. The number of anilines is 1. The van der Waals surface area contributed by atoms with Crippen LogP contribution in [0.2, 0.25) is 0 Å². The number of nitrogens with two attached hydrogens (primary N) is 1. The number of nitrogens with zero attached hydrogens (tertiary/aromatic N) is 2. The van der Waals surface area contributed by atoms with Crippen molar-refractivity contribution in [2.24, 2.45) is 11.7 Å². The fourth-order valence-corrected chi connectivity index (χ4v) is 3.70. The van der Waals surface area contributed by atoms with Crippen molar-refractivity contribution in [3.8, 4) is 0 Å². The van der Waals surface area contributed by atoms with Crippen LogP contribution in [0.15, 0.2) is 6.07 Å². The van der Waals surface area contributed by atoms with Gasteiger partial charge in [0.2, 0.25) is 0 Å². The molecule has 1 aliphatic heterocycles. The van der Waals surface area contributed by atoms with Crippen LogP contribution in [0.5, 0.6) is 0 Å². The molecule has 1 saturated heterocycles. The van der Waals surface area contributed by atoms with Gasteiger partial charge in [-0.05, 0) is 49.7 Å². The van der Waals surface area contributed by atoms with Crippen molar-refractivity contribution >= 4 is 23.0 Å². The highest BCUT2D eigenvalue weighted by Crippen LogP contribution is 2.31. The van der Waals surface area contributed by atoms with E-state index >= 15 is 0 Å². The minimum Gasteiger partial charge on any atom is -0.389 e. The summed E-state index contributed by atoms with van der Waals surface area (Å²) >= 11 is 5.25. The Balaban J connectivity index is 1.90. The predicted octanol–water partition coefficient (Wildman–Crippen LogP) is 2.83. The lowest BCUT2D eigenvalue weighted by molar-refractivity contribution is 0.529. The van der Waals surface area contributed by atoms with Gasteiger partial charge in [-0.15, -0.1) is 0 Å². The van der Waals surface area contributed by atoms with Crippen molar-refractivity contribution in [3.63, 3.8) is 0 Å². The van der Waals surface area contributed by atoms with Crippen LogP contribution in [0.1, 0.15) is 49.4 Å². The molecule has 1 atom stereocenters. The molecule has 2 N–H and O–H groups in total. The number of aromatic nitrogens is 1. The first kappa shape index (κ1) is 13.8. The van der Waals surface area contributed by atoms with E-state index in [-0.39, 0.29) is 0 Å². The Morgan fingerprint density at radius 3 is 3.10 bits per heavy atom. The molecular weight excluding hydrogens is 266 g/mol. The fraction of sp³-hybridized carbons (Fsp3) is 0.625. The molecule has 0 aromatic carbocycles. The number of rotatable bonds is 4. The zero-order valence-electron chi connectivity index (χ0n) is 12.2. The third-order valence-corrected chi connectivity index (χ3v) is 4.80. The Morgan fingerprint density at radius 2 is 2.35 bits per heavy atom. The van der Waals surface area contributed by atoms with Crippen molar-refractivity contribution in [3.05, 3.63) is 22.9 Å². The maximum absolute atomic E-state index is 5.93. The third kappa shape index (κ3) is 2.53. The Morgan fingerprint density at radius 1 is 1.50 bits per heavy atom. The summed E-state index contributed by atoms with van der Waals surface area (Å²) < 4.78 is 0. The molecule has 4 heteroatoms. The minimum absolute atomic E-state index is 0.487. The largest absolute Gasteiger partial charge is 0.389 e. The average Bonchev–Trinajstić information content (AvgIpc) is 3.05. The van der Waals surface area contributed by atoms with Gasteiger partial charge in [0.15, 0.2) is 0 Å². The lowest BCUT2D eigenvalue weighted by Crippen LogP contribution is -2.25. The Labute approximate surface area is 126 Å². The van der Waals surface area contributed by atoms with E-state index in [0.29, 0.717) is 4.99 Å². The number of aryl methyl sites for hydroxylation is 2. The quantitative estimate of drug-likeness (QED) is 0.866. The van der Waals surface area contributed by atoms with E-state index in [4.69, 9.17) is 22.9 Å². The first-order chi connectivity index (χ1) is 9.69. The molecule has 1 aliphatic carbocycles. The van der Waals surface area contributed by atoms with Gasteiger partial charge in [0, 0.05) is 18.8 Å². The van der Waals surface area contributed by atoms with Gasteiger partial charge < -0.3 is 10.6 Å². The molecule has 0 bridgehead atoms. The van der Waals surface area contributed by atoms with Crippen LogP contribution in [0.4, 0.5) is 5.82 Å². The summed E-state index contributed by atoms with van der Waals surface area (Å²) in [5.41, 5.74) is 9.53. The molecule has 0 radical (unpaired) electrons. The SMILES string of the molecule is CCCC1CCN(c2nc3c(cc2C(N)=S)CCC3)C1. The summed E-state index contributed by atoms with van der Waals surface area (Å²) in [6.45, 7) is 4.46. The first-order valence-corrected chi connectivity index (χ1v) is 8.17. The highest BCUT2D eigenvalue weighted by molar-refractivity contribution is 7.80. The second-order valence-electron chi connectivity index (χ2n) is 6.07. The third-order valence-electron chi connectivity index (χ3n) is 4.58. The molecule has 0 spiro atoms. The molecule has 108 valence electrons. The standard InChI is InChI=1S/C16H23N3S/c1-2-4-11-7-8-19(10-11)16-13(15(17)20)9-12-5-3-6-14(12)18-16/h9,11H,2-8,10H2,1H3,(H2,17,20). The molecule has 2 aliphatic rings. The van der Waals surface area contributed by atoms with Gasteiger partial charge in [-0.2, -0.15) is 0 Å². The van der Waals surface area contributed by atoms with Gasteiger partial charge in [-0.1, -0.05) is 25.6 Å². The lowest BCUT2D eigenvalue weighted by atomic mass is 10.0. The van der Waals surface area contributed by atoms with Gasteiger partial charge in [0.25, 0.3) is 0 Å². The van der Waals surface area contributed by atoms with E-state index in [1.165, 1.54) is 36.9 Å². The zero-order valence-corrected chi connectivity index (χ0v) is 13.0. The van der Waals surface area contributed by atoms with Crippen molar-refractivity contribution in [2.75, 3.05) is 18.0 Å². The molecule has 2 heterocycles. The lowest BCUT2D eigenvalue weighted by Gasteiger charge is -2.21. The Hall–Kier alpha value is -1.16. The number of pyridine rings is 1. The first-order valence-electron chi connectivity index (χ1n) is 7.76. The summed E-state index contributed by atoms with van der Waals surface area (Å²) in [5, 5.41) is 0. The minimum atomic E-state index is 0.487. The second kappa shape index (κ2) is 5.68. The van der Waals surface area contributed by atoms with E-state index in [0.717, 1.165) is 43.2 Å². The molecule has 1 aromatic heterocycles. The Bertz CT molecular complexity index is 527. The van der Waals surface area contributed by atoms with Crippen LogP contribution in [0, 0.1) is 5.92 Å². The molecule has 3 nitrogen and oxygen atoms in total. The Kier molecular flexibility index (Phi) is 3.92.